The topological polar surface area (TPSA) is 63.5 Å². The molecule has 0 radical (unpaired) electrons. The zero-order valence-electron chi connectivity index (χ0n) is 11.1. The van der Waals surface area contributed by atoms with Crippen LogP contribution in [0.3, 0.4) is 0 Å². The maximum absolute atomic E-state index is 12.5. The Morgan fingerprint density at radius 1 is 1.45 bits per heavy atom. The third-order valence-corrected chi connectivity index (χ3v) is 3.40. The van der Waals surface area contributed by atoms with E-state index in [-0.39, 0.29) is 17.2 Å². The Hall–Kier alpha value is -1.14. The van der Waals surface area contributed by atoms with Crippen molar-refractivity contribution in [2.75, 3.05) is 18.4 Å². The molecule has 0 aliphatic carbocycles. The zero-order chi connectivity index (χ0) is 15.1. The summed E-state index contributed by atoms with van der Waals surface area (Å²) in [6.45, 7) is 3.10. The van der Waals surface area contributed by atoms with Crippen LogP contribution in [0.1, 0.15) is 30.1 Å². The number of nitrogens with zero attached hydrogens (tertiary/aromatic N) is 2. The van der Waals surface area contributed by atoms with Crippen molar-refractivity contribution < 1.29 is 9.72 Å². The highest BCUT2D eigenvalue weighted by Crippen LogP contribution is 2.24. The molecule has 1 rings (SSSR count). The number of alkyl halides is 1. The lowest BCUT2D eigenvalue weighted by atomic mass is 10.1. The standard InChI is InChI=1S/C13H16BrClN2O3/c1-2-3-7-16(8-6-14)13(18)11-9-10(15)4-5-12(11)17(19)20/h4-5,9H,2-3,6-8H2,1H3. The molecule has 20 heavy (non-hydrogen) atoms. The van der Waals surface area contributed by atoms with Crippen molar-refractivity contribution in [1.82, 2.24) is 4.90 Å². The van der Waals surface area contributed by atoms with Crippen LogP contribution in [-0.4, -0.2) is 34.2 Å². The average molecular weight is 364 g/mol. The molecule has 5 nitrogen and oxygen atoms in total. The fourth-order valence-electron chi connectivity index (χ4n) is 1.77. The Balaban J connectivity index is 3.09. The second-order valence-corrected chi connectivity index (χ2v) is 5.48. The second-order valence-electron chi connectivity index (χ2n) is 4.25. The van der Waals surface area contributed by atoms with Crippen molar-refractivity contribution >= 4 is 39.1 Å². The van der Waals surface area contributed by atoms with Gasteiger partial charge in [0.15, 0.2) is 0 Å². The number of nitro benzene ring substituents is 1. The lowest BCUT2D eigenvalue weighted by molar-refractivity contribution is -0.385. The Morgan fingerprint density at radius 2 is 2.15 bits per heavy atom. The van der Waals surface area contributed by atoms with Crippen LogP contribution in [0, 0.1) is 10.1 Å². The first kappa shape index (κ1) is 16.9. The number of hydrogen-bond donors (Lipinski definition) is 0. The maximum Gasteiger partial charge on any atom is 0.282 e. The molecule has 0 N–H and O–H groups in total. The van der Waals surface area contributed by atoms with Gasteiger partial charge in [-0.15, -0.1) is 0 Å². The molecule has 0 aromatic heterocycles. The number of nitro groups is 1. The predicted molar refractivity (Wildman–Crippen MR) is 82.7 cm³/mol. The summed E-state index contributed by atoms with van der Waals surface area (Å²) < 4.78 is 0. The van der Waals surface area contributed by atoms with Gasteiger partial charge in [-0.3, -0.25) is 14.9 Å². The minimum absolute atomic E-state index is 0.0413. The molecule has 0 aliphatic rings. The fraction of sp³-hybridized carbons (Fsp3) is 0.462. The van der Waals surface area contributed by atoms with Crippen molar-refractivity contribution in [3.63, 3.8) is 0 Å². The SMILES string of the molecule is CCCCN(CCBr)C(=O)c1cc(Cl)ccc1[N+](=O)[O-]. The van der Waals surface area contributed by atoms with Gasteiger partial charge in [0.05, 0.1) is 4.92 Å². The number of carbonyl (C=O) groups is 1. The Morgan fingerprint density at radius 3 is 2.70 bits per heavy atom. The van der Waals surface area contributed by atoms with Gasteiger partial charge in [0.25, 0.3) is 11.6 Å². The van der Waals surface area contributed by atoms with E-state index in [0.29, 0.717) is 23.4 Å². The number of carbonyl (C=O) groups excluding carboxylic acids is 1. The third-order valence-electron chi connectivity index (χ3n) is 2.81. The minimum Gasteiger partial charge on any atom is -0.338 e. The van der Waals surface area contributed by atoms with Gasteiger partial charge < -0.3 is 4.90 Å². The van der Waals surface area contributed by atoms with Crippen LogP contribution < -0.4 is 0 Å². The molecular weight excluding hydrogens is 348 g/mol. The summed E-state index contributed by atoms with van der Waals surface area (Å²) >= 11 is 9.14. The molecule has 0 unspecified atom stereocenters. The first-order valence-electron chi connectivity index (χ1n) is 6.30. The van der Waals surface area contributed by atoms with Crippen molar-refractivity contribution in [2.45, 2.75) is 19.8 Å². The van der Waals surface area contributed by atoms with E-state index < -0.39 is 4.92 Å². The summed E-state index contributed by atoms with van der Waals surface area (Å²) in [5.74, 6) is -0.355. The van der Waals surface area contributed by atoms with Crippen LogP contribution in [0.5, 0.6) is 0 Å². The van der Waals surface area contributed by atoms with Gasteiger partial charge >= 0.3 is 0 Å². The van der Waals surface area contributed by atoms with Gasteiger partial charge in [0.1, 0.15) is 5.56 Å². The summed E-state index contributed by atoms with van der Waals surface area (Å²) in [7, 11) is 0. The quantitative estimate of drug-likeness (QED) is 0.419. The van der Waals surface area contributed by atoms with Crippen LogP contribution in [0.4, 0.5) is 5.69 Å². The van der Waals surface area contributed by atoms with Gasteiger partial charge in [-0.1, -0.05) is 40.9 Å². The molecule has 1 amide bonds. The van der Waals surface area contributed by atoms with Crippen molar-refractivity contribution in [1.29, 1.82) is 0 Å². The van der Waals surface area contributed by atoms with E-state index in [1.54, 1.807) is 4.90 Å². The molecule has 0 fully saturated rings. The highest BCUT2D eigenvalue weighted by Gasteiger charge is 2.24. The molecule has 1 aromatic rings. The van der Waals surface area contributed by atoms with E-state index >= 15 is 0 Å². The van der Waals surface area contributed by atoms with Gasteiger partial charge in [0.2, 0.25) is 0 Å². The summed E-state index contributed by atoms with van der Waals surface area (Å²) in [5.41, 5.74) is -0.171. The molecule has 110 valence electrons. The minimum atomic E-state index is -0.560. The molecule has 0 spiro atoms. The highest BCUT2D eigenvalue weighted by atomic mass is 79.9. The van der Waals surface area contributed by atoms with Gasteiger partial charge in [-0.2, -0.15) is 0 Å². The molecule has 7 heteroatoms. The van der Waals surface area contributed by atoms with Gasteiger partial charge in [0, 0.05) is 29.5 Å². The number of benzene rings is 1. The predicted octanol–water partition coefficient (Wildman–Crippen LogP) is 3.89. The van der Waals surface area contributed by atoms with Crippen molar-refractivity contribution in [2.24, 2.45) is 0 Å². The van der Waals surface area contributed by atoms with Crippen LogP contribution in [-0.2, 0) is 0 Å². The Bertz CT molecular complexity index is 497. The van der Waals surface area contributed by atoms with Crippen molar-refractivity contribution in [3.8, 4) is 0 Å². The summed E-state index contributed by atoms with van der Waals surface area (Å²) in [5, 5.41) is 11.9. The first-order chi connectivity index (χ1) is 9.51. The normalized spacial score (nSPS) is 10.3. The Kier molecular flexibility index (Phi) is 6.95. The first-order valence-corrected chi connectivity index (χ1v) is 7.80. The Labute approximate surface area is 131 Å². The largest absolute Gasteiger partial charge is 0.338 e. The highest BCUT2D eigenvalue weighted by molar-refractivity contribution is 9.09. The number of amides is 1. The van der Waals surface area contributed by atoms with Crippen LogP contribution in [0.25, 0.3) is 0 Å². The molecule has 1 aromatic carbocycles. The van der Waals surface area contributed by atoms with E-state index in [4.69, 9.17) is 11.6 Å². The second kappa shape index (κ2) is 8.21. The lowest BCUT2D eigenvalue weighted by Gasteiger charge is -2.21. The fourth-order valence-corrected chi connectivity index (χ4v) is 2.38. The van der Waals surface area contributed by atoms with E-state index in [9.17, 15) is 14.9 Å². The molecule has 0 heterocycles. The number of unbranched alkanes of at least 4 members (excludes halogenated alkanes) is 1. The summed E-state index contributed by atoms with van der Waals surface area (Å²) in [6, 6.07) is 4.04. The van der Waals surface area contributed by atoms with Gasteiger partial charge in [-0.05, 0) is 18.6 Å². The van der Waals surface area contributed by atoms with Crippen LogP contribution >= 0.6 is 27.5 Å². The summed E-state index contributed by atoms with van der Waals surface area (Å²) in [6.07, 6.45) is 1.80. The monoisotopic (exact) mass is 362 g/mol. The maximum atomic E-state index is 12.5. The van der Waals surface area contributed by atoms with E-state index in [1.165, 1.54) is 18.2 Å². The van der Waals surface area contributed by atoms with E-state index in [0.717, 1.165) is 12.8 Å². The molecule has 0 saturated carbocycles. The van der Waals surface area contributed by atoms with E-state index in [1.807, 2.05) is 6.92 Å². The molecule has 0 atom stereocenters. The molecule has 0 saturated heterocycles. The van der Waals surface area contributed by atoms with Crippen LogP contribution in [0.15, 0.2) is 18.2 Å². The third kappa shape index (κ3) is 4.45. The molecule has 0 bridgehead atoms. The van der Waals surface area contributed by atoms with Crippen LogP contribution in [0.2, 0.25) is 5.02 Å². The summed E-state index contributed by atoms with van der Waals surface area (Å²) in [4.78, 5) is 24.5. The smallest absolute Gasteiger partial charge is 0.282 e. The number of rotatable bonds is 7. The lowest BCUT2D eigenvalue weighted by Crippen LogP contribution is -2.34. The van der Waals surface area contributed by atoms with Gasteiger partial charge in [-0.25, -0.2) is 0 Å². The zero-order valence-corrected chi connectivity index (χ0v) is 13.5. The van der Waals surface area contributed by atoms with E-state index in [2.05, 4.69) is 15.9 Å². The average Bonchev–Trinajstić information content (AvgIpc) is 2.42. The van der Waals surface area contributed by atoms with Crippen molar-refractivity contribution in [3.05, 3.63) is 38.9 Å². The molecular formula is C13H16BrClN2O3. The number of halogens is 2. The number of hydrogen-bond acceptors (Lipinski definition) is 3. The molecule has 0 aliphatic heterocycles.